The van der Waals surface area contributed by atoms with Crippen molar-refractivity contribution < 1.29 is 22.8 Å². The zero-order valence-electron chi connectivity index (χ0n) is 18.2. The van der Waals surface area contributed by atoms with E-state index >= 15 is 0 Å². The number of benzene rings is 2. The third kappa shape index (κ3) is 6.95. The van der Waals surface area contributed by atoms with Crippen LogP contribution in [0.5, 0.6) is 0 Å². The number of hydrogen-bond acceptors (Lipinski definition) is 5. The lowest BCUT2D eigenvalue weighted by Crippen LogP contribution is -2.18. The number of hydrogen-bond donors (Lipinski definition) is 2. The van der Waals surface area contributed by atoms with Crippen LogP contribution < -0.4 is 10.6 Å². The molecule has 2 N–H and O–H groups in total. The molecule has 1 aromatic heterocycles. The van der Waals surface area contributed by atoms with Crippen molar-refractivity contribution in [1.82, 2.24) is 14.8 Å². The highest BCUT2D eigenvalue weighted by atomic mass is 32.2. The Balaban J connectivity index is 1.63. The van der Waals surface area contributed by atoms with Crippen molar-refractivity contribution in [2.45, 2.75) is 31.2 Å². The van der Waals surface area contributed by atoms with E-state index in [9.17, 15) is 22.8 Å². The van der Waals surface area contributed by atoms with Crippen LogP contribution in [0, 0.1) is 6.92 Å². The number of nitrogens with one attached hydrogen (secondary N) is 2. The van der Waals surface area contributed by atoms with Crippen molar-refractivity contribution >= 4 is 35.0 Å². The Morgan fingerprint density at radius 3 is 2.44 bits per heavy atom. The van der Waals surface area contributed by atoms with Crippen LogP contribution in [0.25, 0.3) is 0 Å². The molecule has 0 spiro atoms. The first-order chi connectivity index (χ1) is 16.2. The maximum Gasteiger partial charge on any atom is 0.416 e. The number of aromatic nitrogens is 3. The SMILES string of the molecule is C=CCn1c(CC(=O)Nc2cccc(C(F)(F)F)c2)nnc1SCC(=O)Nc1ccc(C)cc1. The summed E-state index contributed by atoms with van der Waals surface area (Å²) in [5, 5.41) is 13.7. The molecule has 0 aliphatic heterocycles. The fourth-order valence-electron chi connectivity index (χ4n) is 2.96. The van der Waals surface area contributed by atoms with Crippen molar-refractivity contribution in [3.05, 3.63) is 78.1 Å². The summed E-state index contributed by atoms with van der Waals surface area (Å²) in [7, 11) is 0. The maximum absolute atomic E-state index is 12.9. The number of anilines is 2. The average molecular weight is 490 g/mol. The molecule has 2 aromatic carbocycles. The average Bonchev–Trinajstić information content (AvgIpc) is 3.15. The van der Waals surface area contributed by atoms with Crippen LogP contribution in [0.1, 0.15) is 17.0 Å². The first-order valence-electron chi connectivity index (χ1n) is 10.1. The van der Waals surface area contributed by atoms with Gasteiger partial charge in [0, 0.05) is 17.9 Å². The van der Waals surface area contributed by atoms with Gasteiger partial charge in [-0.1, -0.05) is 41.6 Å². The van der Waals surface area contributed by atoms with E-state index < -0.39 is 17.6 Å². The third-order valence-electron chi connectivity index (χ3n) is 4.57. The van der Waals surface area contributed by atoms with Crippen LogP contribution in [0.4, 0.5) is 24.5 Å². The molecule has 7 nitrogen and oxygen atoms in total. The molecule has 0 atom stereocenters. The van der Waals surface area contributed by atoms with Crippen molar-refractivity contribution in [3.8, 4) is 0 Å². The van der Waals surface area contributed by atoms with Crippen molar-refractivity contribution in [2.24, 2.45) is 0 Å². The van der Waals surface area contributed by atoms with Gasteiger partial charge in [0.1, 0.15) is 5.82 Å². The second kappa shape index (κ2) is 11.0. The molecule has 178 valence electrons. The minimum absolute atomic E-state index is 0.0250. The number of carbonyl (C=O) groups excluding carboxylic acids is 2. The first-order valence-corrected chi connectivity index (χ1v) is 11.1. The van der Waals surface area contributed by atoms with Crippen molar-refractivity contribution in [2.75, 3.05) is 16.4 Å². The van der Waals surface area contributed by atoms with E-state index in [-0.39, 0.29) is 23.8 Å². The molecule has 0 unspecified atom stereocenters. The lowest BCUT2D eigenvalue weighted by molar-refractivity contribution is -0.137. The summed E-state index contributed by atoms with van der Waals surface area (Å²) in [6.07, 6.45) is -3.13. The lowest BCUT2D eigenvalue weighted by atomic mass is 10.2. The molecule has 34 heavy (non-hydrogen) atoms. The fourth-order valence-corrected chi connectivity index (χ4v) is 3.72. The van der Waals surface area contributed by atoms with Gasteiger partial charge in [-0.3, -0.25) is 9.59 Å². The second-order valence-corrected chi connectivity index (χ2v) is 8.25. The van der Waals surface area contributed by atoms with Gasteiger partial charge in [0.25, 0.3) is 0 Å². The Kier molecular flexibility index (Phi) is 8.11. The molecule has 0 saturated heterocycles. The fraction of sp³-hybridized carbons (Fsp3) is 0.217. The molecule has 0 aliphatic carbocycles. The minimum atomic E-state index is -4.51. The van der Waals surface area contributed by atoms with Gasteiger partial charge in [0.2, 0.25) is 11.8 Å². The Morgan fingerprint density at radius 2 is 1.76 bits per heavy atom. The molecule has 1 heterocycles. The summed E-state index contributed by atoms with van der Waals surface area (Å²) in [6.45, 7) is 5.93. The molecular weight excluding hydrogens is 467 g/mol. The van der Waals surface area contributed by atoms with Gasteiger partial charge in [-0.25, -0.2) is 0 Å². The summed E-state index contributed by atoms with van der Waals surface area (Å²) in [6, 6.07) is 11.8. The molecule has 2 amide bonds. The topological polar surface area (TPSA) is 88.9 Å². The number of allylic oxidation sites excluding steroid dienone is 1. The van der Waals surface area contributed by atoms with E-state index in [1.54, 1.807) is 22.8 Å². The third-order valence-corrected chi connectivity index (χ3v) is 5.53. The zero-order chi connectivity index (χ0) is 24.7. The van der Waals surface area contributed by atoms with Gasteiger partial charge in [-0.15, -0.1) is 16.8 Å². The Morgan fingerprint density at radius 1 is 1.06 bits per heavy atom. The number of rotatable bonds is 9. The van der Waals surface area contributed by atoms with Crippen molar-refractivity contribution in [1.29, 1.82) is 0 Å². The number of carbonyl (C=O) groups is 2. The van der Waals surface area contributed by atoms with Crippen molar-refractivity contribution in [3.63, 3.8) is 0 Å². The van der Waals surface area contributed by atoms with E-state index in [0.29, 0.717) is 23.2 Å². The van der Waals surface area contributed by atoms with E-state index in [0.717, 1.165) is 29.5 Å². The van der Waals surface area contributed by atoms with Gasteiger partial charge in [0.15, 0.2) is 5.16 Å². The molecule has 3 rings (SSSR count). The Hall–Kier alpha value is -3.60. The van der Waals surface area contributed by atoms with Crippen LogP contribution in [0.3, 0.4) is 0 Å². The molecule has 3 aromatic rings. The summed E-state index contributed by atoms with van der Waals surface area (Å²) >= 11 is 1.15. The van der Waals surface area contributed by atoms with Gasteiger partial charge < -0.3 is 15.2 Å². The number of alkyl halides is 3. The largest absolute Gasteiger partial charge is 0.416 e. The van der Waals surface area contributed by atoms with Crippen LogP contribution >= 0.6 is 11.8 Å². The van der Waals surface area contributed by atoms with Crippen LogP contribution in [0.2, 0.25) is 0 Å². The highest BCUT2D eigenvalue weighted by molar-refractivity contribution is 7.99. The predicted molar refractivity (Wildman–Crippen MR) is 125 cm³/mol. The molecule has 0 aliphatic rings. The van der Waals surface area contributed by atoms with Crippen LogP contribution in [-0.2, 0) is 28.7 Å². The van der Waals surface area contributed by atoms with E-state index in [1.807, 2.05) is 19.1 Å². The monoisotopic (exact) mass is 489 g/mol. The van der Waals surface area contributed by atoms with Gasteiger partial charge in [-0.2, -0.15) is 13.2 Å². The summed E-state index contributed by atoms with van der Waals surface area (Å²) in [5.74, 6) is -0.415. The van der Waals surface area contributed by atoms with Gasteiger partial charge in [0.05, 0.1) is 17.7 Å². The number of aryl methyl sites for hydroxylation is 1. The van der Waals surface area contributed by atoms with Crippen LogP contribution in [0.15, 0.2) is 66.3 Å². The standard InChI is InChI=1S/C23H22F3N5O2S/c1-3-11-31-19(13-20(32)28-18-6-4-5-16(12-18)23(24,25)26)29-30-22(31)34-14-21(33)27-17-9-7-15(2)8-10-17/h3-10,12H,1,11,13-14H2,2H3,(H,27,33)(H,28,32). The quantitative estimate of drug-likeness (QED) is 0.336. The molecule has 0 saturated carbocycles. The van der Waals surface area contributed by atoms with E-state index in [4.69, 9.17) is 0 Å². The number of halogens is 3. The molecule has 0 bridgehead atoms. The van der Waals surface area contributed by atoms with E-state index in [2.05, 4.69) is 27.4 Å². The highest BCUT2D eigenvalue weighted by Crippen LogP contribution is 2.30. The minimum Gasteiger partial charge on any atom is -0.326 e. The normalized spacial score (nSPS) is 11.2. The molecule has 0 fully saturated rings. The molecule has 0 radical (unpaired) electrons. The summed E-state index contributed by atoms with van der Waals surface area (Å²) < 4.78 is 40.3. The summed E-state index contributed by atoms with van der Waals surface area (Å²) in [5.41, 5.74) is 0.921. The lowest BCUT2D eigenvalue weighted by Gasteiger charge is -2.10. The highest BCUT2D eigenvalue weighted by Gasteiger charge is 2.30. The Labute approximate surface area is 198 Å². The Bertz CT molecular complexity index is 1180. The zero-order valence-corrected chi connectivity index (χ0v) is 19.0. The second-order valence-electron chi connectivity index (χ2n) is 7.30. The summed E-state index contributed by atoms with van der Waals surface area (Å²) in [4.78, 5) is 24.7. The van der Waals surface area contributed by atoms with Gasteiger partial charge in [-0.05, 0) is 37.3 Å². The predicted octanol–water partition coefficient (Wildman–Crippen LogP) is 4.70. The molecule has 11 heteroatoms. The van der Waals surface area contributed by atoms with E-state index in [1.165, 1.54) is 12.1 Å². The number of amides is 2. The molecular formula is C23H22F3N5O2S. The smallest absolute Gasteiger partial charge is 0.326 e. The number of thioether (sulfide) groups is 1. The van der Waals surface area contributed by atoms with Crippen LogP contribution in [-0.4, -0.2) is 32.3 Å². The maximum atomic E-state index is 12.9. The first kappa shape index (κ1) is 25.0. The number of nitrogens with zero attached hydrogens (tertiary/aromatic N) is 3. The van der Waals surface area contributed by atoms with Gasteiger partial charge >= 0.3 is 6.18 Å².